The number of esters is 1. The van der Waals surface area contributed by atoms with Crippen LogP contribution in [0.2, 0.25) is 0 Å². The van der Waals surface area contributed by atoms with Crippen molar-refractivity contribution in [2.45, 2.75) is 32.1 Å². The van der Waals surface area contributed by atoms with E-state index in [-0.39, 0.29) is 30.0 Å². The van der Waals surface area contributed by atoms with Gasteiger partial charge in [-0.25, -0.2) is 0 Å². The lowest BCUT2D eigenvalue weighted by Crippen LogP contribution is -2.34. The number of hydrogen-bond donors (Lipinski definition) is 1. The average molecular weight is 346 g/mol. The van der Waals surface area contributed by atoms with Crippen molar-refractivity contribution in [3.05, 3.63) is 28.8 Å². The summed E-state index contributed by atoms with van der Waals surface area (Å²) in [5, 5.41) is 10.8. The van der Waals surface area contributed by atoms with Crippen LogP contribution in [0.4, 0.5) is 0 Å². The van der Waals surface area contributed by atoms with Crippen LogP contribution in [-0.4, -0.2) is 37.7 Å². The highest BCUT2D eigenvalue weighted by atomic mass is 16.5. The highest BCUT2D eigenvalue weighted by molar-refractivity contribution is 6.05. The van der Waals surface area contributed by atoms with Crippen LogP contribution >= 0.6 is 0 Å². The van der Waals surface area contributed by atoms with Gasteiger partial charge in [0.05, 0.1) is 26.7 Å². The number of Topliss-reactive ketones (excluding diaryl/α,β-unsaturated/α-hetero) is 1. The zero-order valence-electron chi connectivity index (χ0n) is 14.6. The first-order chi connectivity index (χ1) is 12.0. The molecule has 0 heterocycles. The van der Waals surface area contributed by atoms with Crippen molar-refractivity contribution in [1.82, 2.24) is 0 Å². The molecule has 2 aliphatic carbocycles. The Balaban J connectivity index is 2.25. The van der Waals surface area contributed by atoms with E-state index in [0.29, 0.717) is 47.5 Å². The van der Waals surface area contributed by atoms with Crippen LogP contribution in [0.15, 0.2) is 17.7 Å². The molecular formula is C19H22O6. The average Bonchev–Trinajstić information content (AvgIpc) is 2.61. The van der Waals surface area contributed by atoms with E-state index in [9.17, 15) is 14.7 Å². The molecule has 1 N–H and O–H groups in total. The molecule has 1 unspecified atom stereocenters. The predicted octanol–water partition coefficient (Wildman–Crippen LogP) is 3.00. The Kier molecular flexibility index (Phi) is 4.70. The van der Waals surface area contributed by atoms with E-state index in [2.05, 4.69) is 0 Å². The molecular weight excluding hydrogens is 324 g/mol. The van der Waals surface area contributed by atoms with Gasteiger partial charge >= 0.3 is 5.97 Å². The summed E-state index contributed by atoms with van der Waals surface area (Å²) in [5.74, 6) is -0.669. The molecule has 1 fully saturated rings. The summed E-state index contributed by atoms with van der Waals surface area (Å²) in [7, 11) is 3.01. The largest absolute Gasteiger partial charge is 0.507 e. The molecule has 0 bridgehead atoms. The van der Waals surface area contributed by atoms with Gasteiger partial charge in [0, 0.05) is 23.5 Å². The molecule has 0 aliphatic heterocycles. The maximum absolute atomic E-state index is 12.7. The van der Waals surface area contributed by atoms with Crippen molar-refractivity contribution in [2.75, 3.05) is 20.8 Å². The fraction of sp³-hybridized carbons (Fsp3) is 0.474. The Bertz CT molecular complexity index is 749. The topological polar surface area (TPSA) is 82.1 Å². The Morgan fingerprint density at radius 2 is 1.92 bits per heavy atom. The smallest absolute Gasteiger partial charge is 0.314 e. The molecule has 1 aromatic carbocycles. The number of methoxy groups -OCH3 is 2. The molecule has 0 aromatic heterocycles. The SMILES string of the molecule is CCOC(=O)C1c2cc(OC)c(OC)cc2C(O)=C2C(=O)CCC[C@@H]21. The van der Waals surface area contributed by atoms with Crippen LogP contribution in [0, 0.1) is 5.92 Å². The van der Waals surface area contributed by atoms with E-state index in [1.807, 2.05) is 0 Å². The van der Waals surface area contributed by atoms with E-state index in [0.717, 1.165) is 0 Å². The summed E-state index contributed by atoms with van der Waals surface area (Å²) < 4.78 is 15.9. The first-order valence-corrected chi connectivity index (χ1v) is 8.42. The van der Waals surface area contributed by atoms with Crippen LogP contribution in [0.1, 0.15) is 43.2 Å². The molecule has 0 amide bonds. The molecule has 1 saturated carbocycles. The Morgan fingerprint density at radius 1 is 1.24 bits per heavy atom. The molecule has 6 nitrogen and oxygen atoms in total. The van der Waals surface area contributed by atoms with Crippen molar-refractivity contribution in [1.29, 1.82) is 0 Å². The van der Waals surface area contributed by atoms with Crippen molar-refractivity contribution in [3.8, 4) is 11.5 Å². The van der Waals surface area contributed by atoms with Gasteiger partial charge in [0.1, 0.15) is 5.76 Å². The number of fused-ring (bicyclic) bond motifs is 2. The number of carbonyl (C=O) groups is 2. The number of aliphatic hydroxyl groups excluding tert-OH is 1. The molecule has 1 aromatic rings. The van der Waals surface area contributed by atoms with Crippen LogP contribution < -0.4 is 9.47 Å². The second-order valence-corrected chi connectivity index (χ2v) is 6.21. The first-order valence-electron chi connectivity index (χ1n) is 8.42. The lowest BCUT2D eigenvalue weighted by atomic mass is 9.67. The Labute approximate surface area is 146 Å². The summed E-state index contributed by atoms with van der Waals surface area (Å²) in [6.07, 6.45) is 1.73. The van der Waals surface area contributed by atoms with Gasteiger partial charge in [-0.3, -0.25) is 9.59 Å². The van der Waals surface area contributed by atoms with Crippen LogP contribution in [0.3, 0.4) is 0 Å². The van der Waals surface area contributed by atoms with Crippen molar-refractivity contribution < 1.29 is 28.9 Å². The van der Waals surface area contributed by atoms with Gasteiger partial charge in [0.25, 0.3) is 0 Å². The minimum Gasteiger partial charge on any atom is -0.507 e. The third-order valence-electron chi connectivity index (χ3n) is 4.93. The molecule has 6 heteroatoms. The molecule has 134 valence electrons. The number of carbonyl (C=O) groups excluding carboxylic acids is 2. The van der Waals surface area contributed by atoms with Gasteiger partial charge in [-0.15, -0.1) is 0 Å². The van der Waals surface area contributed by atoms with E-state index in [4.69, 9.17) is 14.2 Å². The monoisotopic (exact) mass is 346 g/mol. The number of ketones is 1. The second-order valence-electron chi connectivity index (χ2n) is 6.21. The van der Waals surface area contributed by atoms with E-state index >= 15 is 0 Å². The zero-order valence-corrected chi connectivity index (χ0v) is 14.6. The molecule has 2 atom stereocenters. The van der Waals surface area contributed by atoms with Gasteiger partial charge in [-0.2, -0.15) is 0 Å². The van der Waals surface area contributed by atoms with Gasteiger partial charge in [0.15, 0.2) is 17.3 Å². The maximum Gasteiger partial charge on any atom is 0.314 e. The van der Waals surface area contributed by atoms with Gasteiger partial charge in [-0.05, 0) is 37.5 Å². The van der Waals surface area contributed by atoms with Gasteiger partial charge in [0.2, 0.25) is 0 Å². The minimum atomic E-state index is -0.634. The van der Waals surface area contributed by atoms with Crippen molar-refractivity contribution >= 4 is 17.5 Å². The second kappa shape index (κ2) is 6.78. The Morgan fingerprint density at radius 3 is 2.56 bits per heavy atom. The highest BCUT2D eigenvalue weighted by Crippen LogP contribution is 2.49. The molecule has 0 spiro atoms. The van der Waals surface area contributed by atoms with Crippen molar-refractivity contribution in [3.63, 3.8) is 0 Å². The summed E-state index contributed by atoms with van der Waals surface area (Å²) >= 11 is 0. The molecule has 3 rings (SSSR count). The van der Waals surface area contributed by atoms with Gasteiger partial charge in [-0.1, -0.05) is 0 Å². The first kappa shape index (κ1) is 17.3. The van der Waals surface area contributed by atoms with E-state index < -0.39 is 5.92 Å². The van der Waals surface area contributed by atoms with E-state index in [1.54, 1.807) is 19.1 Å². The number of benzene rings is 1. The number of ether oxygens (including phenoxy) is 3. The fourth-order valence-corrected chi connectivity index (χ4v) is 3.85. The minimum absolute atomic E-state index is 0.0637. The predicted molar refractivity (Wildman–Crippen MR) is 90.8 cm³/mol. The summed E-state index contributed by atoms with van der Waals surface area (Å²) in [4.78, 5) is 25.1. The lowest BCUT2D eigenvalue weighted by molar-refractivity contribution is -0.146. The third kappa shape index (κ3) is 2.75. The summed E-state index contributed by atoms with van der Waals surface area (Å²) in [6.45, 7) is 2.00. The van der Waals surface area contributed by atoms with E-state index in [1.165, 1.54) is 14.2 Å². The molecule has 0 saturated heterocycles. The zero-order chi connectivity index (χ0) is 18.1. The third-order valence-corrected chi connectivity index (χ3v) is 4.93. The number of aliphatic hydroxyl groups is 1. The normalized spacial score (nSPS) is 22.1. The van der Waals surface area contributed by atoms with Crippen molar-refractivity contribution in [2.24, 2.45) is 5.92 Å². The van der Waals surface area contributed by atoms with Crippen LogP contribution in [-0.2, 0) is 14.3 Å². The fourth-order valence-electron chi connectivity index (χ4n) is 3.85. The number of rotatable bonds is 4. The lowest BCUT2D eigenvalue weighted by Gasteiger charge is -2.36. The molecule has 0 radical (unpaired) electrons. The van der Waals surface area contributed by atoms with Crippen LogP contribution in [0.25, 0.3) is 5.76 Å². The number of hydrogen-bond acceptors (Lipinski definition) is 6. The Hall–Kier alpha value is -2.50. The highest BCUT2D eigenvalue weighted by Gasteiger charge is 2.45. The van der Waals surface area contributed by atoms with Crippen LogP contribution in [0.5, 0.6) is 11.5 Å². The number of allylic oxidation sites excluding steroid dienone is 1. The molecule has 2 aliphatic rings. The maximum atomic E-state index is 12.7. The summed E-state index contributed by atoms with van der Waals surface area (Å²) in [5.41, 5.74) is 1.37. The molecule has 25 heavy (non-hydrogen) atoms. The van der Waals surface area contributed by atoms with Gasteiger partial charge < -0.3 is 19.3 Å². The summed E-state index contributed by atoms with van der Waals surface area (Å²) in [6, 6.07) is 3.31. The standard InChI is InChI=1S/C19H22O6/c1-4-25-19(22)16-10-6-5-7-13(20)17(10)18(21)12-9-15(24-3)14(23-2)8-11(12)16/h8-10,16,21H,4-7H2,1-3H3/t10-,16?/m1/s1. The quantitative estimate of drug-likeness (QED) is 0.844.